The highest BCUT2D eigenvalue weighted by Gasteiger charge is 2.50. The summed E-state index contributed by atoms with van der Waals surface area (Å²) in [5, 5.41) is 67.0. The molecule has 5 bridgehead atoms. The molecule has 1 amide bonds. The molecule has 1 saturated heterocycles. The van der Waals surface area contributed by atoms with E-state index < -0.39 is 101 Å². The SMILES string of the molecule is CO[C@@H]1C=CO[C@@]2(C)Oc3c(C)c(O)c4c(O)c(c(C=NN5CCN(Cc6cccc(C(F)(F)F)c6)CC5)c(O)c4c3C2=O)NC(=O)C(C)=CC=C[C@H](C)[C@H](O)[C@H](C)[C@H](O)[C@H](C)[C@@H](OC(C)=O)[C@@H]1C. The lowest BCUT2D eigenvalue weighted by Crippen LogP contribution is -2.46. The summed E-state index contributed by atoms with van der Waals surface area (Å²) < 4.78 is 63.8. The molecular weight excluding hydrogens is 906 g/mol. The molecule has 4 heterocycles. The molecule has 0 radical (unpaired) electrons. The number of nitrogens with one attached hydrogen (secondary N) is 1. The predicted molar refractivity (Wildman–Crippen MR) is 250 cm³/mol. The standard InChI is InChI=1S/C50H61F3N4O12/c1-25-12-10-13-26(2)48(65)55-39-34(23-54-57-19-17-56(18-20-57)24-32-14-11-15-33(22-32)50(51,52)53)43(62)36-37(44(39)63)42(61)30(6)46-38(36)47(64)49(8,69-46)67-21-16-35(66-9)27(3)45(68-31(7)58)29(5)41(60)28(4)40(25)59/h10-16,21-23,25,27-29,35,40-41,45,59-63H,17-20,24H2,1-9H3,(H,55,65)/t25-,27+,28-,29-,35+,40-,41-,45-,49-/m0/s1. The number of alkyl halides is 3. The number of benzene rings is 3. The zero-order chi connectivity index (χ0) is 50.9. The maximum atomic E-state index is 14.6. The van der Waals surface area contributed by atoms with Gasteiger partial charge in [0.2, 0.25) is 0 Å². The third-order valence-corrected chi connectivity index (χ3v) is 13.4. The number of Topliss-reactive ketones (excluding diaryl/α,β-unsaturated/α-hetero) is 1. The van der Waals surface area contributed by atoms with E-state index in [2.05, 4.69) is 10.4 Å². The Morgan fingerprint density at radius 1 is 0.957 bits per heavy atom. The number of hydrogen-bond acceptors (Lipinski definition) is 15. The van der Waals surface area contributed by atoms with Gasteiger partial charge in [0.25, 0.3) is 11.7 Å². The number of carbonyl (C=O) groups excluding carboxylic acids is 3. The Balaban J connectivity index is 1.43. The van der Waals surface area contributed by atoms with Gasteiger partial charge in [-0.2, -0.15) is 18.3 Å². The summed E-state index contributed by atoms with van der Waals surface area (Å²) in [5.41, 5.74) is -1.02. The molecule has 0 aliphatic carbocycles. The monoisotopic (exact) mass is 966 g/mol. The lowest BCUT2D eigenvalue weighted by Gasteiger charge is -2.38. The summed E-state index contributed by atoms with van der Waals surface area (Å²) in [4.78, 5) is 42.8. The lowest BCUT2D eigenvalue weighted by atomic mass is 9.78. The molecule has 69 heavy (non-hydrogen) atoms. The molecule has 3 aromatic rings. The average Bonchev–Trinajstić information content (AvgIpc) is 3.57. The number of esters is 1. The first-order chi connectivity index (χ1) is 32.4. The largest absolute Gasteiger partial charge is 0.507 e. The van der Waals surface area contributed by atoms with Gasteiger partial charge in [0.15, 0.2) is 5.75 Å². The van der Waals surface area contributed by atoms with Gasteiger partial charge in [-0.3, -0.25) is 24.3 Å². The van der Waals surface area contributed by atoms with Crippen LogP contribution in [0.4, 0.5) is 18.9 Å². The van der Waals surface area contributed by atoms with E-state index in [1.54, 1.807) is 50.9 Å². The second-order valence-corrected chi connectivity index (χ2v) is 18.3. The van der Waals surface area contributed by atoms with Crippen LogP contribution in [0.1, 0.15) is 81.1 Å². The third-order valence-electron chi connectivity index (χ3n) is 13.4. The summed E-state index contributed by atoms with van der Waals surface area (Å²) >= 11 is 0. The Hall–Kier alpha value is -6.15. The molecule has 6 N–H and O–H groups in total. The summed E-state index contributed by atoms with van der Waals surface area (Å²) in [6, 6.07) is 5.11. The van der Waals surface area contributed by atoms with Gasteiger partial charge in [0, 0.05) is 93.9 Å². The molecule has 374 valence electrons. The number of fused-ring (bicyclic) bond motifs is 14. The van der Waals surface area contributed by atoms with Crippen molar-refractivity contribution in [2.75, 3.05) is 38.6 Å². The van der Waals surface area contributed by atoms with Gasteiger partial charge < -0.3 is 49.8 Å². The third kappa shape index (κ3) is 10.9. The van der Waals surface area contributed by atoms with Crippen LogP contribution in [0.15, 0.2) is 65.5 Å². The number of aliphatic hydroxyl groups is 2. The van der Waals surface area contributed by atoms with Gasteiger partial charge in [0.1, 0.15) is 23.4 Å². The number of aromatic hydroxyl groups is 3. The number of anilines is 1. The van der Waals surface area contributed by atoms with Crippen molar-refractivity contribution in [1.29, 1.82) is 0 Å². The highest BCUT2D eigenvalue weighted by atomic mass is 19.4. The van der Waals surface area contributed by atoms with Crippen LogP contribution in [0.5, 0.6) is 23.0 Å². The Labute approximate surface area is 398 Å². The molecule has 7 rings (SSSR count). The van der Waals surface area contributed by atoms with E-state index in [0.717, 1.165) is 18.4 Å². The minimum absolute atomic E-state index is 0.00372. The van der Waals surface area contributed by atoms with Crippen LogP contribution in [0.25, 0.3) is 10.8 Å². The Kier molecular flexibility index (Phi) is 15.8. The summed E-state index contributed by atoms with van der Waals surface area (Å²) in [5.74, 6) is -9.08. The number of hydrogen-bond donors (Lipinski definition) is 6. The number of allylic oxidation sites excluding steroid dienone is 2. The van der Waals surface area contributed by atoms with Gasteiger partial charge in [-0.1, -0.05) is 64.1 Å². The summed E-state index contributed by atoms with van der Waals surface area (Å²) in [6.45, 7) is 13.9. The van der Waals surface area contributed by atoms with Gasteiger partial charge >= 0.3 is 17.9 Å². The fraction of sp³-hybridized carbons (Fsp3) is 0.480. The number of piperazine rings is 1. The zero-order valence-corrected chi connectivity index (χ0v) is 40.0. The number of phenolic OH excluding ortho intramolecular Hbond substituents is 3. The normalized spacial score (nSPS) is 27.7. The van der Waals surface area contributed by atoms with Crippen LogP contribution < -0.4 is 10.1 Å². The van der Waals surface area contributed by atoms with Gasteiger partial charge in [0.05, 0.1) is 58.6 Å². The first-order valence-corrected chi connectivity index (χ1v) is 22.6. The highest BCUT2D eigenvalue weighted by Crippen LogP contribution is 2.55. The molecule has 4 aliphatic rings. The molecule has 0 spiro atoms. The number of phenols is 3. The molecule has 3 aromatic carbocycles. The number of rotatable bonds is 6. The van der Waals surface area contributed by atoms with Gasteiger partial charge in [-0.15, -0.1) is 0 Å². The number of carbonyl (C=O) groups is 3. The quantitative estimate of drug-likeness (QED) is 0.0639. The minimum Gasteiger partial charge on any atom is -0.507 e. The predicted octanol–water partition coefficient (Wildman–Crippen LogP) is 6.92. The maximum Gasteiger partial charge on any atom is 0.416 e. The van der Waals surface area contributed by atoms with Crippen molar-refractivity contribution in [2.45, 2.75) is 98.3 Å². The second-order valence-electron chi connectivity index (χ2n) is 18.3. The van der Waals surface area contributed by atoms with Crippen LogP contribution >= 0.6 is 0 Å². The highest BCUT2D eigenvalue weighted by molar-refractivity contribution is 6.23. The van der Waals surface area contributed by atoms with E-state index in [9.17, 15) is 53.1 Å². The molecule has 4 aliphatic heterocycles. The number of ether oxygens (including phenoxy) is 4. The Morgan fingerprint density at radius 3 is 2.28 bits per heavy atom. The Bertz CT molecular complexity index is 2570. The number of halogens is 3. The van der Waals surface area contributed by atoms with E-state index in [0.29, 0.717) is 31.7 Å². The molecule has 1 fully saturated rings. The Morgan fingerprint density at radius 2 is 1.64 bits per heavy atom. The second kappa shape index (κ2) is 20.8. The molecule has 0 aromatic heterocycles. The smallest absolute Gasteiger partial charge is 0.416 e. The van der Waals surface area contributed by atoms with Crippen molar-refractivity contribution in [1.82, 2.24) is 9.91 Å². The minimum atomic E-state index is -4.48. The van der Waals surface area contributed by atoms with Crippen LogP contribution in [0.3, 0.4) is 0 Å². The molecule has 19 heteroatoms. The van der Waals surface area contributed by atoms with Crippen LogP contribution in [-0.4, -0.2) is 123 Å². The molecule has 0 unspecified atom stereocenters. The van der Waals surface area contributed by atoms with Crippen molar-refractivity contribution in [2.24, 2.45) is 28.8 Å². The van der Waals surface area contributed by atoms with Gasteiger partial charge in [-0.05, 0) is 31.6 Å². The maximum absolute atomic E-state index is 14.6. The number of methoxy groups -OCH3 is 1. The van der Waals surface area contributed by atoms with Crippen LogP contribution in [-0.2, 0) is 36.5 Å². The summed E-state index contributed by atoms with van der Waals surface area (Å²) in [6.07, 6.45) is -0.100. The zero-order valence-electron chi connectivity index (χ0n) is 40.0. The number of hydrazone groups is 1. The van der Waals surface area contributed by atoms with E-state index in [1.165, 1.54) is 59.2 Å². The van der Waals surface area contributed by atoms with Crippen LogP contribution in [0.2, 0.25) is 0 Å². The number of amides is 1. The van der Waals surface area contributed by atoms with Crippen molar-refractivity contribution < 1.29 is 72.0 Å². The van der Waals surface area contributed by atoms with Crippen molar-refractivity contribution in [3.8, 4) is 23.0 Å². The van der Waals surface area contributed by atoms with Crippen LogP contribution in [0, 0.1) is 30.6 Å². The van der Waals surface area contributed by atoms with E-state index >= 15 is 0 Å². The average molecular weight is 967 g/mol. The fourth-order valence-corrected chi connectivity index (χ4v) is 9.13. The van der Waals surface area contributed by atoms with E-state index in [1.807, 2.05) is 4.90 Å². The first-order valence-electron chi connectivity index (χ1n) is 22.6. The first kappa shape index (κ1) is 52.2. The van der Waals surface area contributed by atoms with Crippen molar-refractivity contribution in [3.05, 3.63) is 88.2 Å². The molecule has 16 nitrogen and oxygen atoms in total. The summed E-state index contributed by atoms with van der Waals surface area (Å²) in [7, 11) is 1.41. The topological polar surface area (TPSA) is 220 Å². The van der Waals surface area contributed by atoms with E-state index in [-0.39, 0.29) is 51.0 Å². The number of nitrogens with zero attached hydrogens (tertiary/aromatic N) is 3. The number of aliphatic hydroxyl groups excluding tert-OH is 2. The van der Waals surface area contributed by atoms with Crippen molar-refractivity contribution >= 4 is 40.3 Å². The van der Waals surface area contributed by atoms with Gasteiger partial charge in [-0.25, -0.2) is 0 Å². The lowest BCUT2D eigenvalue weighted by molar-refractivity contribution is -0.160. The van der Waals surface area contributed by atoms with Crippen molar-refractivity contribution in [3.63, 3.8) is 0 Å². The fourth-order valence-electron chi connectivity index (χ4n) is 9.13. The van der Waals surface area contributed by atoms with E-state index in [4.69, 9.17) is 18.9 Å². The number of ketones is 1. The molecular formula is C50H61F3N4O12. The molecule has 0 saturated carbocycles. The molecule has 9 atom stereocenters.